The van der Waals surface area contributed by atoms with Gasteiger partial charge in [-0.3, -0.25) is 0 Å². The molecular weight excluding hydrogens is 297 g/mol. The van der Waals surface area contributed by atoms with Gasteiger partial charge >= 0.3 is 0 Å². The maximum absolute atomic E-state index is 6.23. The molecule has 0 aromatic heterocycles. The molecule has 1 nitrogen and oxygen atoms in total. The highest BCUT2D eigenvalue weighted by atomic mass is 127. The third-order valence-corrected chi connectivity index (χ3v) is 4.14. The zero-order valence-electron chi connectivity index (χ0n) is 9.12. The molecule has 1 fully saturated rings. The van der Waals surface area contributed by atoms with Crippen molar-refractivity contribution >= 4 is 22.6 Å². The largest absolute Gasteiger partial charge is 0.327 e. The van der Waals surface area contributed by atoms with Crippen LogP contribution >= 0.6 is 22.6 Å². The molecule has 0 aliphatic heterocycles. The van der Waals surface area contributed by atoms with Crippen molar-refractivity contribution in [3.63, 3.8) is 0 Å². The Morgan fingerprint density at radius 3 is 2.47 bits per heavy atom. The van der Waals surface area contributed by atoms with E-state index in [-0.39, 0.29) is 0 Å². The van der Waals surface area contributed by atoms with Gasteiger partial charge in [-0.05, 0) is 71.4 Å². The Labute approximate surface area is 106 Å². The second-order valence-electron chi connectivity index (χ2n) is 4.69. The maximum Gasteiger partial charge on any atom is 0.0130 e. The molecule has 2 N–H and O–H groups in total. The van der Waals surface area contributed by atoms with Crippen molar-refractivity contribution in [1.82, 2.24) is 0 Å². The standard InChI is InChI=1S/C13H18IN/c1-9(11-4-5-11)13(15)8-10-2-6-12(14)7-3-10/h2-3,6-7,9,11,13H,4-5,8,15H2,1H3. The highest BCUT2D eigenvalue weighted by molar-refractivity contribution is 14.1. The third-order valence-electron chi connectivity index (χ3n) is 3.43. The number of halogens is 1. The summed E-state index contributed by atoms with van der Waals surface area (Å²) in [6.07, 6.45) is 3.80. The first-order chi connectivity index (χ1) is 7.16. The molecule has 0 radical (unpaired) electrons. The second-order valence-corrected chi connectivity index (χ2v) is 5.94. The van der Waals surface area contributed by atoms with Gasteiger partial charge in [0, 0.05) is 9.61 Å². The summed E-state index contributed by atoms with van der Waals surface area (Å²) in [6.45, 7) is 2.30. The SMILES string of the molecule is CC(C(N)Cc1ccc(I)cc1)C1CC1. The van der Waals surface area contributed by atoms with E-state index in [0.29, 0.717) is 12.0 Å². The summed E-state index contributed by atoms with van der Waals surface area (Å²) in [6, 6.07) is 9.04. The van der Waals surface area contributed by atoms with Crippen molar-refractivity contribution in [2.75, 3.05) is 0 Å². The van der Waals surface area contributed by atoms with Gasteiger partial charge in [0.1, 0.15) is 0 Å². The molecule has 1 aromatic rings. The van der Waals surface area contributed by atoms with Crippen molar-refractivity contribution in [3.8, 4) is 0 Å². The number of nitrogens with two attached hydrogens (primary N) is 1. The van der Waals surface area contributed by atoms with Gasteiger partial charge in [0.25, 0.3) is 0 Å². The van der Waals surface area contributed by atoms with Crippen LogP contribution in [0.2, 0.25) is 0 Å². The summed E-state index contributed by atoms with van der Waals surface area (Å²) in [5.41, 5.74) is 7.60. The zero-order valence-corrected chi connectivity index (χ0v) is 11.3. The van der Waals surface area contributed by atoms with Gasteiger partial charge in [-0.25, -0.2) is 0 Å². The van der Waals surface area contributed by atoms with E-state index < -0.39 is 0 Å². The molecule has 1 saturated carbocycles. The predicted molar refractivity (Wildman–Crippen MR) is 72.7 cm³/mol. The number of hydrogen-bond acceptors (Lipinski definition) is 1. The molecule has 2 heteroatoms. The molecule has 0 heterocycles. The molecule has 0 amide bonds. The average molecular weight is 315 g/mol. The molecule has 0 bridgehead atoms. The lowest BCUT2D eigenvalue weighted by Gasteiger charge is -2.19. The van der Waals surface area contributed by atoms with Crippen molar-refractivity contribution in [3.05, 3.63) is 33.4 Å². The Kier molecular flexibility index (Phi) is 3.67. The molecule has 2 atom stereocenters. The van der Waals surface area contributed by atoms with Gasteiger partial charge in [0.2, 0.25) is 0 Å². The molecule has 0 saturated heterocycles. The lowest BCUT2D eigenvalue weighted by atomic mass is 9.92. The fourth-order valence-electron chi connectivity index (χ4n) is 2.05. The van der Waals surface area contributed by atoms with Crippen molar-refractivity contribution in [2.45, 2.75) is 32.2 Å². The smallest absolute Gasteiger partial charge is 0.0130 e. The van der Waals surface area contributed by atoms with Crippen molar-refractivity contribution < 1.29 is 0 Å². The summed E-state index contributed by atoms with van der Waals surface area (Å²) >= 11 is 2.33. The van der Waals surface area contributed by atoms with Crippen LogP contribution in [0.3, 0.4) is 0 Å². The van der Waals surface area contributed by atoms with Gasteiger partial charge in [-0.1, -0.05) is 19.1 Å². The molecule has 15 heavy (non-hydrogen) atoms. The van der Waals surface area contributed by atoms with E-state index in [2.05, 4.69) is 53.8 Å². The topological polar surface area (TPSA) is 26.0 Å². The molecule has 82 valence electrons. The van der Waals surface area contributed by atoms with E-state index in [0.717, 1.165) is 12.3 Å². The Morgan fingerprint density at radius 1 is 1.33 bits per heavy atom. The van der Waals surface area contributed by atoms with E-state index in [1.807, 2.05) is 0 Å². The van der Waals surface area contributed by atoms with Crippen LogP contribution in [0.15, 0.2) is 24.3 Å². The Bertz CT molecular complexity index is 316. The Hall–Kier alpha value is -0.0900. The van der Waals surface area contributed by atoms with Crippen LogP contribution in [0.25, 0.3) is 0 Å². The molecule has 2 rings (SSSR count). The second kappa shape index (κ2) is 4.83. The van der Waals surface area contributed by atoms with Gasteiger partial charge < -0.3 is 5.73 Å². The molecule has 1 aliphatic rings. The van der Waals surface area contributed by atoms with Crippen LogP contribution in [-0.4, -0.2) is 6.04 Å². The lowest BCUT2D eigenvalue weighted by Crippen LogP contribution is -2.31. The van der Waals surface area contributed by atoms with Gasteiger partial charge in [0.05, 0.1) is 0 Å². The number of rotatable bonds is 4. The monoisotopic (exact) mass is 315 g/mol. The normalized spacial score (nSPS) is 19.9. The highest BCUT2D eigenvalue weighted by Gasteiger charge is 2.31. The summed E-state index contributed by atoms with van der Waals surface area (Å²) in [5, 5.41) is 0. The fourth-order valence-corrected chi connectivity index (χ4v) is 2.41. The first kappa shape index (κ1) is 11.4. The summed E-state index contributed by atoms with van der Waals surface area (Å²) in [7, 11) is 0. The van der Waals surface area contributed by atoms with Gasteiger partial charge in [0.15, 0.2) is 0 Å². The summed E-state index contributed by atoms with van der Waals surface area (Å²) in [5.74, 6) is 1.59. The molecule has 2 unspecified atom stereocenters. The molecular formula is C13H18IN. The van der Waals surface area contributed by atoms with Gasteiger partial charge in [-0.2, -0.15) is 0 Å². The minimum absolute atomic E-state index is 0.331. The lowest BCUT2D eigenvalue weighted by molar-refractivity contribution is 0.404. The first-order valence-electron chi connectivity index (χ1n) is 5.67. The summed E-state index contributed by atoms with van der Waals surface area (Å²) in [4.78, 5) is 0. The minimum Gasteiger partial charge on any atom is -0.327 e. The van der Waals surface area contributed by atoms with Crippen LogP contribution in [0.4, 0.5) is 0 Å². The van der Waals surface area contributed by atoms with Crippen LogP contribution in [0, 0.1) is 15.4 Å². The fraction of sp³-hybridized carbons (Fsp3) is 0.538. The van der Waals surface area contributed by atoms with E-state index in [4.69, 9.17) is 5.73 Å². The quantitative estimate of drug-likeness (QED) is 0.849. The van der Waals surface area contributed by atoms with Crippen molar-refractivity contribution in [2.24, 2.45) is 17.6 Å². The first-order valence-corrected chi connectivity index (χ1v) is 6.74. The van der Waals surface area contributed by atoms with Crippen LogP contribution < -0.4 is 5.73 Å². The molecule has 1 aliphatic carbocycles. The van der Waals surface area contributed by atoms with Crippen LogP contribution in [0.5, 0.6) is 0 Å². The maximum atomic E-state index is 6.23. The van der Waals surface area contributed by atoms with E-state index in [1.165, 1.54) is 22.0 Å². The minimum atomic E-state index is 0.331. The van der Waals surface area contributed by atoms with Gasteiger partial charge in [-0.15, -0.1) is 0 Å². The van der Waals surface area contributed by atoms with E-state index >= 15 is 0 Å². The van der Waals surface area contributed by atoms with Crippen molar-refractivity contribution in [1.29, 1.82) is 0 Å². The molecule has 0 spiro atoms. The predicted octanol–water partition coefficient (Wildman–Crippen LogP) is 3.21. The van der Waals surface area contributed by atoms with E-state index in [9.17, 15) is 0 Å². The van der Waals surface area contributed by atoms with E-state index in [1.54, 1.807) is 0 Å². The zero-order chi connectivity index (χ0) is 10.8. The average Bonchev–Trinajstić information content (AvgIpc) is 3.04. The Balaban J connectivity index is 1.92. The number of hydrogen-bond donors (Lipinski definition) is 1. The number of benzene rings is 1. The summed E-state index contributed by atoms with van der Waals surface area (Å²) < 4.78 is 1.29. The Morgan fingerprint density at radius 2 is 1.93 bits per heavy atom. The van der Waals surface area contributed by atoms with Crippen LogP contribution in [-0.2, 0) is 6.42 Å². The third kappa shape index (κ3) is 3.18. The van der Waals surface area contributed by atoms with Crippen LogP contribution in [0.1, 0.15) is 25.3 Å². The highest BCUT2D eigenvalue weighted by Crippen LogP contribution is 2.38. The molecule has 1 aromatic carbocycles.